The summed E-state index contributed by atoms with van der Waals surface area (Å²) in [6.45, 7) is 2.90. The molecule has 1 fully saturated rings. The van der Waals surface area contributed by atoms with Crippen LogP contribution in [0.1, 0.15) is 26.2 Å². The predicted molar refractivity (Wildman–Crippen MR) is 55.5 cm³/mol. The van der Waals surface area contributed by atoms with Gasteiger partial charge in [-0.3, -0.25) is 9.59 Å². The zero-order valence-corrected chi connectivity index (χ0v) is 8.95. The lowest BCUT2D eigenvalue weighted by atomic mass is 10.2. The average molecular weight is 214 g/mol. The van der Waals surface area contributed by atoms with E-state index in [1.165, 1.54) is 0 Å². The Kier molecular flexibility index (Phi) is 4.55. The van der Waals surface area contributed by atoms with Gasteiger partial charge in [-0.05, 0) is 25.7 Å². The molecule has 5 nitrogen and oxygen atoms in total. The molecule has 0 saturated heterocycles. The smallest absolute Gasteiger partial charge is 0.320 e. The molecule has 0 aromatic heterocycles. The zero-order chi connectivity index (χ0) is 11.3. The van der Waals surface area contributed by atoms with Crippen molar-refractivity contribution in [3.63, 3.8) is 0 Å². The van der Waals surface area contributed by atoms with Crippen molar-refractivity contribution >= 4 is 11.9 Å². The molecule has 0 radical (unpaired) electrons. The van der Waals surface area contributed by atoms with Gasteiger partial charge in [-0.15, -0.1) is 0 Å². The Hall–Kier alpha value is -1.10. The van der Waals surface area contributed by atoms with Crippen molar-refractivity contribution in [3.8, 4) is 0 Å². The fourth-order valence-corrected chi connectivity index (χ4v) is 1.51. The predicted octanol–water partition coefficient (Wildman–Crippen LogP) is -0.0346. The van der Waals surface area contributed by atoms with E-state index in [1.807, 2.05) is 6.92 Å². The summed E-state index contributed by atoms with van der Waals surface area (Å²) in [7, 11) is 0. The molecule has 1 saturated carbocycles. The van der Waals surface area contributed by atoms with Gasteiger partial charge in [0.15, 0.2) is 0 Å². The van der Waals surface area contributed by atoms with Crippen molar-refractivity contribution in [3.05, 3.63) is 0 Å². The molecule has 86 valence electrons. The summed E-state index contributed by atoms with van der Waals surface area (Å²) in [6, 6.07) is -0.473. The van der Waals surface area contributed by atoms with E-state index in [4.69, 9.17) is 5.11 Å². The topological polar surface area (TPSA) is 78.4 Å². The van der Waals surface area contributed by atoms with Crippen LogP contribution in [0.5, 0.6) is 0 Å². The van der Waals surface area contributed by atoms with Gasteiger partial charge in [0.25, 0.3) is 0 Å². The Morgan fingerprint density at radius 2 is 2.13 bits per heavy atom. The number of carbonyl (C=O) groups is 2. The van der Waals surface area contributed by atoms with Gasteiger partial charge < -0.3 is 15.7 Å². The highest BCUT2D eigenvalue weighted by Gasteiger charge is 2.35. The molecule has 0 aromatic rings. The van der Waals surface area contributed by atoms with Gasteiger partial charge in [0.05, 0.1) is 0 Å². The lowest BCUT2D eigenvalue weighted by Crippen LogP contribution is -2.40. The summed E-state index contributed by atoms with van der Waals surface area (Å²) in [4.78, 5) is 21.9. The van der Waals surface area contributed by atoms with Crippen LogP contribution in [0.3, 0.4) is 0 Å². The van der Waals surface area contributed by atoms with Crippen molar-refractivity contribution in [1.29, 1.82) is 0 Å². The van der Waals surface area contributed by atoms with Gasteiger partial charge >= 0.3 is 5.97 Å². The lowest BCUT2D eigenvalue weighted by Gasteiger charge is -2.12. The minimum absolute atomic E-state index is 0.0371. The van der Waals surface area contributed by atoms with Crippen LogP contribution in [0.4, 0.5) is 0 Å². The highest BCUT2D eigenvalue weighted by atomic mass is 16.4. The molecule has 0 spiro atoms. The third kappa shape index (κ3) is 4.29. The number of hydrogen-bond donors (Lipinski definition) is 3. The molecule has 1 aliphatic carbocycles. The second-order valence-corrected chi connectivity index (χ2v) is 3.81. The van der Waals surface area contributed by atoms with Gasteiger partial charge in [-0.1, -0.05) is 0 Å². The number of rotatable bonds is 7. The Morgan fingerprint density at radius 1 is 1.47 bits per heavy atom. The van der Waals surface area contributed by atoms with Gasteiger partial charge in [0.2, 0.25) is 5.91 Å². The molecule has 0 aliphatic heterocycles. The lowest BCUT2D eigenvalue weighted by molar-refractivity contribution is -0.140. The second-order valence-electron chi connectivity index (χ2n) is 3.81. The molecule has 1 aliphatic rings. The molecule has 1 rings (SSSR count). The first-order valence-corrected chi connectivity index (χ1v) is 5.38. The fraction of sp³-hybridized carbons (Fsp3) is 0.800. The van der Waals surface area contributed by atoms with Crippen LogP contribution in [0.15, 0.2) is 0 Å². The first kappa shape index (κ1) is 12.0. The maximum absolute atomic E-state index is 11.1. The van der Waals surface area contributed by atoms with E-state index >= 15 is 0 Å². The maximum atomic E-state index is 11.1. The van der Waals surface area contributed by atoms with Crippen LogP contribution in [-0.4, -0.2) is 36.1 Å². The summed E-state index contributed by atoms with van der Waals surface area (Å²) >= 11 is 0. The molecule has 1 unspecified atom stereocenters. The molecular formula is C10H18N2O3. The van der Waals surface area contributed by atoms with E-state index in [0.29, 0.717) is 19.5 Å². The number of carbonyl (C=O) groups excluding carboxylic acids is 1. The van der Waals surface area contributed by atoms with Crippen molar-refractivity contribution in [2.24, 2.45) is 5.92 Å². The zero-order valence-electron chi connectivity index (χ0n) is 8.95. The van der Waals surface area contributed by atoms with Crippen LogP contribution >= 0.6 is 0 Å². The van der Waals surface area contributed by atoms with E-state index < -0.39 is 12.0 Å². The number of carboxylic acids is 1. The van der Waals surface area contributed by atoms with Crippen molar-refractivity contribution in [2.75, 3.05) is 13.1 Å². The molecule has 3 N–H and O–H groups in total. The van der Waals surface area contributed by atoms with Crippen LogP contribution in [-0.2, 0) is 9.59 Å². The fourth-order valence-electron chi connectivity index (χ4n) is 1.51. The summed E-state index contributed by atoms with van der Waals surface area (Å²) in [6.07, 6.45) is 2.29. The largest absolute Gasteiger partial charge is 0.480 e. The summed E-state index contributed by atoms with van der Waals surface area (Å²) in [5.74, 6) is -0.588. The Labute approximate surface area is 89.2 Å². The Bertz CT molecular complexity index is 239. The van der Waals surface area contributed by atoms with Crippen molar-refractivity contribution < 1.29 is 14.7 Å². The highest BCUT2D eigenvalue weighted by molar-refractivity contribution is 5.76. The maximum Gasteiger partial charge on any atom is 0.320 e. The number of amides is 1. The first-order chi connectivity index (χ1) is 7.15. The third-order valence-corrected chi connectivity index (χ3v) is 2.45. The molecule has 15 heavy (non-hydrogen) atoms. The molecule has 0 bridgehead atoms. The highest BCUT2D eigenvalue weighted by Crippen LogP contribution is 2.32. The van der Waals surface area contributed by atoms with Gasteiger partial charge in [-0.25, -0.2) is 0 Å². The SMILES string of the molecule is CCNC(=O)CCNC(C(=O)O)C1CC1. The van der Waals surface area contributed by atoms with E-state index in [2.05, 4.69) is 10.6 Å². The third-order valence-electron chi connectivity index (χ3n) is 2.45. The van der Waals surface area contributed by atoms with Crippen LogP contribution in [0, 0.1) is 5.92 Å². The molecule has 0 aromatic carbocycles. The quantitative estimate of drug-likeness (QED) is 0.556. The summed E-state index contributed by atoms with van der Waals surface area (Å²) < 4.78 is 0. The van der Waals surface area contributed by atoms with E-state index in [9.17, 15) is 9.59 Å². The van der Waals surface area contributed by atoms with Gasteiger partial charge in [-0.2, -0.15) is 0 Å². The number of hydrogen-bond acceptors (Lipinski definition) is 3. The molecule has 1 atom stereocenters. The summed E-state index contributed by atoms with van der Waals surface area (Å²) in [5.41, 5.74) is 0. The minimum Gasteiger partial charge on any atom is -0.480 e. The van der Waals surface area contributed by atoms with Crippen LogP contribution in [0.25, 0.3) is 0 Å². The number of nitrogens with one attached hydrogen (secondary N) is 2. The Morgan fingerprint density at radius 3 is 2.60 bits per heavy atom. The average Bonchev–Trinajstić information content (AvgIpc) is 2.95. The standard InChI is InChI=1S/C10H18N2O3/c1-2-11-8(13)5-6-12-9(10(14)15)7-3-4-7/h7,9,12H,2-6H2,1H3,(H,11,13)(H,14,15). The second kappa shape index (κ2) is 5.70. The Balaban J connectivity index is 2.16. The minimum atomic E-state index is -0.812. The molecule has 5 heteroatoms. The molecule has 1 amide bonds. The van der Waals surface area contributed by atoms with Crippen molar-refractivity contribution in [2.45, 2.75) is 32.2 Å². The normalized spacial score (nSPS) is 17.1. The van der Waals surface area contributed by atoms with E-state index in [1.54, 1.807) is 0 Å². The van der Waals surface area contributed by atoms with Gasteiger partial charge in [0, 0.05) is 19.5 Å². The first-order valence-electron chi connectivity index (χ1n) is 5.38. The van der Waals surface area contributed by atoms with E-state index in [-0.39, 0.29) is 11.8 Å². The summed E-state index contributed by atoms with van der Waals surface area (Å²) in [5, 5.41) is 14.5. The van der Waals surface area contributed by atoms with Crippen LogP contribution in [0.2, 0.25) is 0 Å². The number of aliphatic carboxylic acids is 1. The molecule has 0 heterocycles. The van der Waals surface area contributed by atoms with Crippen LogP contribution < -0.4 is 10.6 Å². The number of carboxylic acid groups (broad SMARTS) is 1. The van der Waals surface area contributed by atoms with E-state index in [0.717, 1.165) is 12.8 Å². The van der Waals surface area contributed by atoms with Crippen molar-refractivity contribution in [1.82, 2.24) is 10.6 Å². The molecular weight excluding hydrogens is 196 g/mol. The monoisotopic (exact) mass is 214 g/mol. The van der Waals surface area contributed by atoms with Gasteiger partial charge in [0.1, 0.15) is 6.04 Å².